The number of likely N-dealkylation sites (tertiary alicyclic amines) is 1. The molecule has 0 aliphatic carbocycles. The summed E-state index contributed by atoms with van der Waals surface area (Å²) in [6, 6.07) is 0.670. The third-order valence-electron chi connectivity index (χ3n) is 3.72. The maximum absolute atomic E-state index is 4.27. The highest BCUT2D eigenvalue weighted by molar-refractivity contribution is 14.0. The van der Waals surface area contributed by atoms with Gasteiger partial charge in [0.05, 0.1) is 0 Å². The van der Waals surface area contributed by atoms with Gasteiger partial charge in [-0.05, 0) is 32.9 Å². The Labute approximate surface area is 135 Å². The molecule has 4 nitrogen and oxygen atoms in total. The van der Waals surface area contributed by atoms with Crippen LogP contribution in [0.15, 0.2) is 4.99 Å². The number of hydrogen-bond donors (Lipinski definition) is 2. The Kier molecular flexibility index (Phi) is 11.7. The first-order valence-electron chi connectivity index (χ1n) is 7.42. The monoisotopic (exact) mass is 382 g/mol. The number of rotatable bonds is 7. The van der Waals surface area contributed by atoms with E-state index in [-0.39, 0.29) is 24.0 Å². The molecule has 19 heavy (non-hydrogen) atoms. The van der Waals surface area contributed by atoms with E-state index in [1.807, 2.05) is 7.05 Å². The second kappa shape index (κ2) is 11.8. The Morgan fingerprint density at radius 3 is 2.63 bits per heavy atom. The molecule has 1 unspecified atom stereocenters. The van der Waals surface area contributed by atoms with Crippen LogP contribution in [-0.2, 0) is 0 Å². The minimum Gasteiger partial charge on any atom is -0.356 e. The molecular formula is C14H31IN4. The zero-order valence-electron chi connectivity index (χ0n) is 12.7. The number of hydrogen-bond acceptors (Lipinski definition) is 2. The molecule has 1 rings (SSSR count). The SMILES string of the molecule is CCCCCCNC(=NC)NCC1CCCN1C.I. The molecule has 2 N–H and O–H groups in total. The molecule has 114 valence electrons. The largest absolute Gasteiger partial charge is 0.356 e. The molecule has 0 bridgehead atoms. The molecule has 1 atom stereocenters. The van der Waals surface area contributed by atoms with Gasteiger partial charge >= 0.3 is 0 Å². The van der Waals surface area contributed by atoms with Gasteiger partial charge in [-0.2, -0.15) is 0 Å². The first-order valence-corrected chi connectivity index (χ1v) is 7.42. The maximum atomic E-state index is 4.27. The predicted molar refractivity (Wildman–Crippen MR) is 94.6 cm³/mol. The molecule has 1 saturated heterocycles. The fourth-order valence-electron chi connectivity index (χ4n) is 2.43. The smallest absolute Gasteiger partial charge is 0.191 e. The van der Waals surface area contributed by atoms with Crippen molar-refractivity contribution in [1.82, 2.24) is 15.5 Å². The van der Waals surface area contributed by atoms with Crippen LogP contribution in [0.2, 0.25) is 0 Å². The van der Waals surface area contributed by atoms with E-state index in [2.05, 4.69) is 34.5 Å². The number of unbranched alkanes of at least 4 members (excludes halogenated alkanes) is 3. The highest BCUT2D eigenvalue weighted by atomic mass is 127. The van der Waals surface area contributed by atoms with Gasteiger partial charge < -0.3 is 15.5 Å². The molecule has 1 aliphatic rings. The zero-order valence-corrected chi connectivity index (χ0v) is 15.1. The summed E-state index contributed by atoms with van der Waals surface area (Å²) < 4.78 is 0. The van der Waals surface area contributed by atoms with Crippen molar-refractivity contribution in [3.05, 3.63) is 0 Å². The van der Waals surface area contributed by atoms with Crippen molar-refractivity contribution in [2.45, 2.75) is 51.5 Å². The normalized spacial score (nSPS) is 20.2. The fourth-order valence-corrected chi connectivity index (χ4v) is 2.43. The number of likely N-dealkylation sites (N-methyl/N-ethyl adjacent to an activating group) is 1. The summed E-state index contributed by atoms with van der Waals surface area (Å²) in [5.74, 6) is 0.951. The second-order valence-corrected chi connectivity index (χ2v) is 5.22. The van der Waals surface area contributed by atoms with Crippen LogP contribution in [-0.4, -0.2) is 50.6 Å². The Morgan fingerprint density at radius 2 is 2.05 bits per heavy atom. The van der Waals surface area contributed by atoms with Crippen LogP contribution in [0.4, 0.5) is 0 Å². The van der Waals surface area contributed by atoms with Crippen LogP contribution in [0.25, 0.3) is 0 Å². The lowest BCUT2D eigenvalue weighted by atomic mass is 10.2. The third-order valence-corrected chi connectivity index (χ3v) is 3.72. The van der Waals surface area contributed by atoms with Gasteiger partial charge in [-0.1, -0.05) is 26.2 Å². The summed E-state index contributed by atoms with van der Waals surface area (Å²) in [6.45, 7) is 5.51. The maximum Gasteiger partial charge on any atom is 0.191 e. The van der Waals surface area contributed by atoms with Crippen LogP contribution in [0, 0.1) is 0 Å². The molecule has 0 aromatic rings. The van der Waals surface area contributed by atoms with E-state index >= 15 is 0 Å². The minimum absolute atomic E-state index is 0. The standard InChI is InChI=1S/C14H30N4.HI/c1-4-5-6-7-10-16-14(15-2)17-12-13-9-8-11-18(13)3;/h13H,4-12H2,1-3H3,(H2,15,16,17);1H. The van der Waals surface area contributed by atoms with Crippen molar-refractivity contribution in [3.63, 3.8) is 0 Å². The summed E-state index contributed by atoms with van der Waals surface area (Å²) in [5, 5.41) is 6.82. The Balaban J connectivity index is 0.00000324. The van der Waals surface area contributed by atoms with Crippen molar-refractivity contribution in [2.75, 3.05) is 33.7 Å². The van der Waals surface area contributed by atoms with Crippen LogP contribution < -0.4 is 10.6 Å². The van der Waals surface area contributed by atoms with Crippen LogP contribution in [0.1, 0.15) is 45.4 Å². The molecule has 5 heteroatoms. The number of nitrogens with zero attached hydrogens (tertiary/aromatic N) is 2. The highest BCUT2D eigenvalue weighted by Crippen LogP contribution is 2.13. The molecule has 0 spiro atoms. The van der Waals surface area contributed by atoms with Gasteiger partial charge in [0.2, 0.25) is 0 Å². The molecular weight excluding hydrogens is 351 g/mol. The first-order chi connectivity index (χ1) is 8.77. The van der Waals surface area contributed by atoms with Crippen LogP contribution in [0.3, 0.4) is 0 Å². The van der Waals surface area contributed by atoms with Gasteiger partial charge in [0.25, 0.3) is 0 Å². The van der Waals surface area contributed by atoms with Crippen LogP contribution in [0.5, 0.6) is 0 Å². The van der Waals surface area contributed by atoms with E-state index in [0.717, 1.165) is 19.0 Å². The van der Waals surface area contributed by atoms with Gasteiger partial charge in [-0.3, -0.25) is 4.99 Å². The topological polar surface area (TPSA) is 39.7 Å². The quantitative estimate of drug-likeness (QED) is 0.308. The van der Waals surface area contributed by atoms with Crippen molar-refractivity contribution < 1.29 is 0 Å². The summed E-state index contributed by atoms with van der Waals surface area (Å²) >= 11 is 0. The summed E-state index contributed by atoms with van der Waals surface area (Å²) in [4.78, 5) is 6.70. The van der Waals surface area contributed by atoms with E-state index in [4.69, 9.17) is 0 Å². The minimum atomic E-state index is 0. The lowest BCUT2D eigenvalue weighted by Gasteiger charge is -2.21. The van der Waals surface area contributed by atoms with E-state index in [1.54, 1.807) is 0 Å². The van der Waals surface area contributed by atoms with Gasteiger partial charge in [0.1, 0.15) is 0 Å². The second-order valence-electron chi connectivity index (χ2n) is 5.22. The van der Waals surface area contributed by atoms with Gasteiger partial charge in [-0.25, -0.2) is 0 Å². The lowest BCUT2D eigenvalue weighted by Crippen LogP contribution is -2.44. The van der Waals surface area contributed by atoms with Gasteiger partial charge in [0, 0.05) is 26.2 Å². The van der Waals surface area contributed by atoms with Gasteiger partial charge in [-0.15, -0.1) is 24.0 Å². The number of guanidine groups is 1. The molecule has 0 saturated carbocycles. The fraction of sp³-hybridized carbons (Fsp3) is 0.929. The number of aliphatic imine (C=N–C) groups is 1. The molecule has 1 heterocycles. The predicted octanol–water partition coefficient (Wildman–Crippen LogP) is 2.44. The molecule has 0 aromatic carbocycles. The number of halogens is 1. The van der Waals surface area contributed by atoms with E-state index < -0.39 is 0 Å². The molecule has 1 aliphatic heterocycles. The van der Waals surface area contributed by atoms with Crippen molar-refractivity contribution in [1.29, 1.82) is 0 Å². The lowest BCUT2D eigenvalue weighted by molar-refractivity contribution is 0.309. The average Bonchev–Trinajstić information content (AvgIpc) is 2.78. The Morgan fingerprint density at radius 1 is 1.26 bits per heavy atom. The van der Waals surface area contributed by atoms with Crippen molar-refractivity contribution >= 4 is 29.9 Å². The molecule has 0 radical (unpaired) electrons. The summed E-state index contributed by atoms with van der Waals surface area (Å²) in [5.41, 5.74) is 0. The van der Waals surface area contributed by atoms with E-state index in [9.17, 15) is 0 Å². The zero-order chi connectivity index (χ0) is 13.2. The molecule has 1 fully saturated rings. The summed E-state index contributed by atoms with van der Waals surface area (Å²) in [7, 11) is 4.06. The first kappa shape index (κ1) is 19.0. The average molecular weight is 382 g/mol. The van der Waals surface area contributed by atoms with Crippen molar-refractivity contribution in [3.8, 4) is 0 Å². The van der Waals surface area contributed by atoms with E-state index in [1.165, 1.54) is 45.1 Å². The van der Waals surface area contributed by atoms with Gasteiger partial charge in [0.15, 0.2) is 5.96 Å². The number of nitrogens with one attached hydrogen (secondary N) is 2. The Bertz CT molecular complexity index is 246. The van der Waals surface area contributed by atoms with Crippen molar-refractivity contribution in [2.24, 2.45) is 4.99 Å². The molecule has 0 amide bonds. The third kappa shape index (κ3) is 7.97. The highest BCUT2D eigenvalue weighted by Gasteiger charge is 2.20. The Hall–Kier alpha value is -0.0400. The van der Waals surface area contributed by atoms with E-state index in [0.29, 0.717) is 6.04 Å². The van der Waals surface area contributed by atoms with Crippen LogP contribution >= 0.6 is 24.0 Å². The molecule has 0 aromatic heterocycles. The summed E-state index contributed by atoms with van der Waals surface area (Å²) in [6.07, 6.45) is 7.80.